The zero-order valence-electron chi connectivity index (χ0n) is 16.3. The Morgan fingerprint density at radius 1 is 1.18 bits per heavy atom. The van der Waals surface area contributed by atoms with Crippen molar-refractivity contribution in [1.82, 2.24) is 4.98 Å². The third-order valence-electron chi connectivity index (χ3n) is 4.02. The predicted octanol–water partition coefficient (Wildman–Crippen LogP) is 0.524. The van der Waals surface area contributed by atoms with Gasteiger partial charge in [0.15, 0.2) is 0 Å². The van der Waals surface area contributed by atoms with Gasteiger partial charge in [0, 0.05) is 45.4 Å². The number of methoxy groups -OCH3 is 2. The van der Waals surface area contributed by atoms with Crippen LogP contribution in [-0.2, 0) is 16.6 Å². The summed E-state index contributed by atoms with van der Waals surface area (Å²) in [5, 5.41) is 7.67. The van der Waals surface area contributed by atoms with Crippen LogP contribution in [0.5, 0.6) is 11.5 Å². The molecule has 2 atom stereocenters. The van der Waals surface area contributed by atoms with Crippen molar-refractivity contribution in [2.24, 2.45) is 0 Å². The third-order valence-corrected chi connectivity index (χ3v) is 5.30. The summed E-state index contributed by atoms with van der Waals surface area (Å²) in [7, 11) is 2.00. The van der Waals surface area contributed by atoms with Gasteiger partial charge in [0.25, 0.3) is 0 Å². The van der Waals surface area contributed by atoms with Crippen LogP contribution >= 0.6 is 0 Å². The molecule has 0 aliphatic carbocycles. The molecule has 28 heavy (non-hydrogen) atoms. The van der Waals surface area contributed by atoms with E-state index < -0.39 is 16.3 Å². The van der Waals surface area contributed by atoms with Gasteiger partial charge in [0.2, 0.25) is 0 Å². The maximum absolute atomic E-state index is 12.7. The minimum Gasteiger partial charge on any atom is -0.653 e. The standard InChI is InChI=1S/C17H20N3O3S.Mg.3H2O/c1-10-8-18-15(11(2)16(10)23-4)9-24(21)17-19-13-6-5-12(22-3)7-14(13)20-17;;;;/h5-8,17,20H,9H2,1-4H3;;3*1H2/q-1;+2;;;. The Morgan fingerprint density at radius 2 is 1.86 bits per heavy atom. The summed E-state index contributed by atoms with van der Waals surface area (Å²) in [6, 6.07) is 5.55. The molecule has 0 fully saturated rings. The predicted molar refractivity (Wildman–Crippen MR) is 112 cm³/mol. The van der Waals surface area contributed by atoms with Crippen molar-refractivity contribution in [3.63, 3.8) is 0 Å². The van der Waals surface area contributed by atoms with Gasteiger partial charge in [-0.15, -0.1) is 5.69 Å². The third kappa shape index (κ3) is 5.69. The fourth-order valence-corrected chi connectivity index (χ4v) is 3.92. The molecular weight excluding hydrogens is 399 g/mol. The number of rotatable bonds is 5. The Kier molecular flexibility index (Phi) is 12.3. The molecule has 152 valence electrons. The van der Waals surface area contributed by atoms with Crippen LogP contribution in [0.25, 0.3) is 5.32 Å². The molecule has 1 aliphatic rings. The number of hydrogen-bond donors (Lipinski definition) is 1. The largest absolute Gasteiger partial charge is 2.00 e. The number of nitrogens with zero attached hydrogens (tertiary/aromatic N) is 2. The van der Waals surface area contributed by atoms with E-state index in [1.54, 1.807) is 20.4 Å². The van der Waals surface area contributed by atoms with Crippen LogP contribution in [0.2, 0.25) is 0 Å². The average molecular weight is 425 g/mol. The molecular formula is C17H26MgN3O6S+. The van der Waals surface area contributed by atoms with Gasteiger partial charge in [-0.2, -0.15) is 0 Å². The summed E-state index contributed by atoms with van der Waals surface area (Å²) in [5.74, 6) is 1.85. The smallest absolute Gasteiger partial charge is 0.653 e. The maximum atomic E-state index is 12.7. The minimum atomic E-state index is -1.24. The SMILES string of the molecule is COc1ccc2c(c1)NC(S(=O)Cc1ncc(C)c(OC)c1C)[N-]2.O.O.O.[Mg+2]. The van der Waals surface area contributed by atoms with Gasteiger partial charge in [0.1, 0.15) is 11.5 Å². The summed E-state index contributed by atoms with van der Waals surface area (Å²) in [5.41, 5.74) is 3.79. The number of hydrogen-bond acceptors (Lipinski definition) is 5. The van der Waals surface area contributed by atoms with Crippen LogP contribution < -0.4 is 14.8 Å². The number of fused-ring (bicyclic) bond motifs is 1. The number of aromatic nitrogens is 1. The molecule has 0 saturated heterocycles. The van der Waals surface area contributed by atoms with E-state index in [1.165, 1.54) is 0 Å². The minimum absolute atomic E-state index is 0. The molecule has 0 radical (unpaired) electrons. The van der Waals surface area contributed by atoms with Gasteiger partial charge in [-0.3, -0.25) is 9.19 Å². The van der Waals surface area contributed by atoms with Crippen molar-refractivity contribution < 1.29 is 30.1 Å². The first-order valence-electron chi connectivity index (χ1n) is 7.55. The van der Waals surface area contributed by atoms with Gasteiger partial charge < -0.3 is 36.5 Å². The van der Waals surface area contributed by atoms with Crippen molar-refractivity contribution in [2.75, 3.05) is 19.5 Å². The van der Waals surface area contributed by atoms with Gasteiger partial charge in [-0.25, -0.2) is 0 Å². The fourth-order valence-electron chi connectivity index (χ4n) is 2.72. The zero-order chi connectivity index (χ0) is 17.3. The molecule has 2 aromatic rings. The molecule has 7 N–H and O–H groups in total. The average Bonchev–Trinajstić information content (AvgIpc) is 3.01. The van der Waals surface area contributed by atoms with Crippen molar-refractivity contribution in [3.05, 3.63) is 46.5 Å². The zero-order valence-corrected chi connectivity index (χ0v) is 18.6. The van der Waals surface area contributed by atoms with Gasteiger partial charge in [-0.1, -0.05) is 6.07 Å². The number of ether oxygens (including phenoxy) is 2. The molecule has 0 saturated carbocycles. The number of anilines is 1. The molecule has 1 aromatic heterocycles. The van der Waals surface area contributed by atoms with Crippen molar-refractivity contribution in [3.8, 4) is 11.5 Å². The van der Waals surface area contributed by atoms with Crippen LogP contribution in [0.1, 0.15) is 16.8 Å². The molecule has 3 rings (SSSR count). The Morgan fingerprint density at radius 3 is 2.46 bits per heavy atom. The van der Waals surface area contributed by atoms with Crippen molar-refractivity contribution in [2.45, 2.75) is 25.1 Å². The molecule has 2 heterocycles. The first-order chi connectivity index (χ1) is 11.5. The summed E-state index contributed by atoms with van der Waals surface area (Å²) in [6.07, 6.45) is 1.75. The molecule has 0 bridgehead atoms. The number of pyridine rings is 1. The van der Waals surface area contributed by atoms with E-state index >= 15 is 0 Å². The normalized spacial score (nSPS) is 14.4. The molecule has 1 aliphatic heterocycles. The van der Waals surface area contributed by atoms with Crippen LogP contribution in [0.3, 0.4) is 0 Å². The Balaban J connectivity index is 0. The summed E-state index contributed by atoms with van der Waals surface area (Å²) >= 11 is 0. The Bertz CT molecular complexity index is 809. The quantitative estimate of drug-likeness (QED) is 0.688. The fraction of sp³-hybridized carbons (Fsp3) is 0.353. The number of benzene rings is 1. The van der Waals surface area contributed by atoms with E-state index in [0.29, 0.717) is 5.75 Å². The molecule has 2 unspecified atom stereocenters. The molecule has 0 spiro atoms. The maximum Gasteiger partial charge on any atom is 2.00 e. The molecule has 0 amide bonds. The summed E-state index contributed by atoms with van der Waals surface area (Å²) in [4.78, 5) is 4.41. The first-order valence-corrected chi connectivity index (χ1v) is 8.93. The number of nitrogens with one attached hydrogen (secondary N) is 1. The monoisotopic (exact) mass is 424 g/mol. The molecule has 9 nitrogen and oxygen atoms in total. The van der Waals surface area contributed by atoms with Crippen molar-refractivity contribution >= 4 is 45.2 Å². The van der Waals surface area contributed by atoms with Gasteiger partial charge in [0.05, 0.1) is 25.7 Å². The second-order valence-corrected chi connectivity index (χ2v) is 7.08. The van der Waals surface area contributed by atoms with Crippen LogP contribution in [0.15, 0.2) is 24.4 Å². The van der Waals surface area contributed by atoms with E-state index in [9.17, 15) is 4.21 Å². The van der Waals surface area contributed by atoms with Gasteiger partial charge in [-0.05, 0) is 19.9 Å². The molecule has 11 heteroatoms. The second-order valence-electron chi connectivity index (χ2n) is 5.58. The van der Waals surface area contributed by atoms with E-state index in [0.717, 1.165) is 39.7 Å². The van der Waals surface area contributed by atoms with Gasteiger partial charge >= 0.3 is 23.1 Å². The van der Waals surface area contributed by atoms with E-state index in [1.807, 2.05) is 32.0 Å². The van der Waals surface area contributed by atoms with Crippen LogP contribution in [-0.4, -0.2) is 68.4 Å². The second kappa shape index (κ2) is 12.0. The Hall–Kier alpha value is -1.63. The van der Waals surface area contributed by atoms with E-state index in [2.05, 4.69) is 15.6 Å². The van der Waals surface area contributed by atoms with E-state index in [-0.39, 0.29) is 39.5 Å². The molecule has 1 aromatic carbocycles. The topological polar surface area (TPSA) is 169 Å². The first kappa shape index (κ1) is 28.6. The van der Waals surface area contributed by atoms with Crippen LogP contribution in [0.4, 0.5) is 11.4 Å². The Labute approximate surface area is 182 Å². The summed E-state index contributed by atoms with van der Waals surface area (Å²) in [6.45, 7) is 3.88. The number of aryl methyl sites for hydroxylation is 1. The summed E-state index contributed by atoms with van der Waals surface area (Å²) < 4.78 is 23.3. The van der Waals surface area contributed by atoms with Crippen molar-refractivity contribution in [1.29, 1.82) is 0 Å². The van der Waals surface area contributed by atoms with E-state index in [4.69, 9.17) is 9.47 Å². The van der Waals surface area contributed by atoms with Crippen LogP contribution in [0, 0.1) is 13.8 Å².